The molecule has 3 aromatic rings. The molecular weight excluding hydrogens is 462 g/mol. The van der Waals surface area contributed by atoms with E-state index in [1.807, 2.05) is 48.5 Å². The quantitative estimate of drug-likeness (QED) is 0.393. The number of amides is 1. The predicted octanol–water partition coefficient (Wildman–Crippen LogP) is 5.94. The Morgan fingerprint density at radius 2 is 1.62 bits per heavy atom. The van der Waals surface area contributed by atoms with Crippen molar-refractivity contribution in [3.63, 3.8) is 0 Å². The maximum atomic E-state index is 12.7. The van der Waals surface area contributed by atoms with Crippen LogP contribution in [-0.4, -0.2) is 44.4 Å². The molecule has 0 aliphatic carbocycles. The Kier molecular flexibility index (Phi) is 7.89. The van der Waals surface area contributed by atoms with E-state index in [2.05, 4.69) is 57.9 Å². The van der Waals surface area contributed by atoms with Crippen LogP contribution in [0.4, 0.5) is 4.79 Å². The molecule has 2 aliphatic heterocycles. The smallest absolute Gasteiger partial charge is 0.407 e. The van der Waals surface area contributed by atoms with Gasteiger partial charge in [-0.3, -0.25) is 4.90 Å². The molecule has 2 saturated heterocycles. The molecule has 5 rings (SSSR count). The SMILES string of the molecule is Cc1nnc(C(C)C)n1C1C[C@@H]2CC[C@@H](C1)N2CC[C@H](NC(=O)OCc1ccccc1)c1ccccc1. The normalized spacial score (nSPS) is 22.2. The van der Waals surface area contributed by atoms with Gasteiger partial charge in [-0.2, -0.15) is 0 Å². The highest BCUT2D eigenvalue weighted by Gasteiger charge is 2.42. The number of fused-ring (bicyclic) bond motifs is 2. The lowest BCUT2D eigenvalue weighted by molar-refractivity contribution is 0.0976. The minimum atomic E-state index is -0.372. The number of piperidine rings is 1. The predicted molar refractivity (Wildman–Crippen MR) is 144 cm³/mol. The van der Waals surface area contributed by atoms with Crippen molar-refractivity contribution in [2.45, 2.75) is 89.6 Å². The number of rotatable bonds is 9. The molecule has 7 heteroatoms. The monoisotopic (exact) mass is 501 g/mol. The van der Waals surface area contributed by atoms with Gasteiger partial charge in [0.15, 0.2) is 0 Å². The van der Waals surface area contributed by atoms with E-state index in [1.165, 1.54) is 12.8 Å². The first-order valence-corrected chi connectivity index (χ1v) is 13.7. The number of carbonyl (C=O) groups excluding carboxylic acids is 1. The third-order valence-electron chi connectivity index (χ3n) is 8.02. The van der Waals surface area contributed by atoms with E-state index in [1.54, 1.807) is 0 Å². The summed E-state index contributed by atoms with van der Waals surface area (Å²) < 4.78 is 7.95. The Labute approximate surface area is 220 Å². The van der Waals surface area contributed by atoms with Crippen molar-refractivity contribution in [2.75, 3.05) is 6.54 Å². The van der Waals surface area contributed by atoms with Crippen molar-refractivity contribution in [3.8, 4) is 0 Å². The van der Waals surface area contributed by atoms with Crippen LogP contribution in [0.5, 0.6) is 0 Å². The molecule has 1 aromatic heterocycles. The molecule has 0 spiro atoms. The molecule has 37 heavy (non-hydrogen) atoms. The Morgan fingerprint density at radius 3 is 2.27 bits per heavy atom. The summed E-state index contributed by atoms with van der Waals surface area (Å²) in [6.45, 7) is 7.71. The molecule has 0 saturated carbocycles. The second-order valence-electron chi connectivity index (χ2n) is 10.8. The fourth-order valence-electron chi connectivity index (χ4n) is 6.24. The summed E-state index contributed by atoms with van der Waals surface area (Å²) in [5, 5.41) is 12.0. The van der Waals surface area contributed by atoms with E-state index in [-0.39, 0.29) is 18.7 Å². The average Bonchev–Trinajstić information content (AvgIpc) is 3.41. The molecule has 196 valence electrons. The van der Waals surface area contributed by atoms with Gasteiger partial charge >= 0.3 is 6.09 Å². The van der Waals surface area contributed by atoms with Crippen LogP contribution in [-0.2, 0) is 11.3 Å². The van der Waals surface area contributed by atoms with Crippen molar-refractivity contribution in [3.05, 3.63) is 83.4 Å². The second-order valence-corrected chi connectivity index (χ2v) is 10.8. The number of aryl methyl sites for hydroxylation is 1. The fraction of sp³-hybridized carbons (Fsp3) is 0.500. The molecule has 2 fully saturated rings. The first kappa shape index (κ1) is 25.5. The minimum Gasteiger partial charge on any atom is -0.445 e. The van der Waals surface area contributed by atoms with Crippen LogP contribution in [0.25, 0.3) is 0 Å². The van der Waals surface area contributed by atoms with Crippen LogP contribution in [0, 0.1) is 6.92 Å². The van der Waals surface area contributed by atoms with Crippen LogP contribution < -0.4 is 5.32 Å². The highest BCUT2D eigenvalue weighted by Crippen LogP contribution is 2.42. The number of aromatic nitrogens is 3. The molecule has 3 heterocycles. The van der Waals surface area contributed by atoms with Gasteiger partial charge in [-0.1, -0.05) is 74.5 Å². The second kappa shape index (κ2) is 11.5. The molecule has 1 N–H and O–H groups in total. The van der Waals surface area contributed by atoms with Crippen molar-refractivity contribution in [1.82, 2.24) is 25.0 Å². The summed E-state index contributed by atoms with van der Waals surface area (Å²) in [5.41, 5.74) is 2.10. The highest BCUT2D eigenvalue weighted by atomic mass is 16.5. The number of benzene rings is 2. The summed E-state index contributed by atoms with van der Waals surface area (Å²) in [6, 6.07) is 21.6. The van der Waals surface area contributed by atoms with Gasteiger partial charge in [0.1, 0.15) is 18.3 Å². The van der Waals surface area contributed by atoms with E-state index in [9.17, 15) is 4.79 Å². The zero-order valence-electron chi connectivity index (χ0n) is 22.2. The van der Waals surface area contributed by atoms with Crippen LogP contribution >= 0.6 is 0 Å². The third-order valence-corrected chi connectivity index (χ3v) is 8.02. The first-order chi connectivity index (χ1) is 18.0. The molecular formula is C30H39N5O2. The van der Waals surface area contributed by atoms with E-state index < -0.39 is 0 Å². The lowest BCUT2D eigenvalue weighted by Gasteiger charge is -2.40. The zero-order chi connectivity index (χ0) is 25.8. The molecule has 1 amide bonds. The van der Waals surface area contributed by atoms with Crippen LogP contribution in [0.2, 0.25) is 0 Å². The molecule has 2 aromatic carbocycles. The van der Waals surface area contributed by atoms with Crippen molar-refractivity contribution < 1.29 is 9.53 Å². The number of nitrogens with one attached hydrogen (secondary N) is 1. The molecule has 3 atom stereocenters. The molecule has 2 aliphatic rings. The lowest BCUT2D eigenvalue weighted by atomic mass is 9.95. The number of nitrogens with zero attached hydrogens (tertiary/aromatic N) is 4. The van der Waals surface area contributed by atoms with E-state index in [0.717, 1.165) is 48.6 Å². The van der Waals surface area contributed by atoms with Gasteiger partial charge in [0.25, 0.3) is 0 Å². The van der Waals surface area contributed by atoms with Crippen LogP contribution in [0.15, 0.2) is 60.7 Å². The third kappa shape index (κ3) is 5.87. The Balaban J connectivity index is 1.22. The topological polar surface area (TPSA) is 72.3 Å². The van der Waals surface area contributed by atoms with Crippen LogP contribution in [0.1, 0.15) is 86.7 Å². The maximum absolute atomic E-state index is 12.7. The fourth-order valence-corrected chi connectivity index (χ4v) is 6.24. The maximum Gasteiger partial charge on any atom is 0.407 e. The van der Waals surface area contributed by atoms with Gasteiger partial charge in [-0.15, -0.1) is 10.2 Å². The largest absolute Gasteiger partial charge is 0.445 e. The summed E-state index contributed by atoms with van der Waals surface area (Å²) in [4.78, 5) is 15.4. The van der Waals surface area contributed by atoms with Gasteiger partial charge in [0.05, 0.1) is 6.04 Å². The Morgan fingerprint density at radius 1 is 0.973 bits per heavy atom. The number of carbonyl (C=O) groups is 1. The van der Waals surface area contributed by atoms with Crippen molar-refractivity contribution in [1.29, 1.82) is 0 Å². The summed E-state index contributed by atoms with van der Waals surface area (Å²) in [5.74, 6) is 2.51. The van der Waals surface area contributed by atoms with Gasteiger partial charge in [-0.25, -0.2) is 4.79 Å². The van der Waals surface area contributed by atoms with Gasteiger partial charge in [0, 0.05) is 30.6 Å². The van der Waals surface area contributed by atoms with E-state index in [0.29, 0.717) is 24.0 Å². The number of hydrogen-bond acceptors (Lipinski definition) is 5. The van der Waals surface area contributed by atoms with Gasteiger partial charge < -0.3 is 14.6 Å². The van der Waals surface area contributed by atoms with Crippen molar-refractivity contribution in [2.24, 2.45) is 0 Å². The first-order valence-electron chi connectivity index (χ1n) is 13.7. The molecule has 7 nitrogen and oxygen atoms in total. The molecule has 2 bridgehead atoms. The van der Waals surface area contributed by atoms with Gasteiger partial charge in [0.2, 0.25) is 0 Å². The van der Waals surface area contributed by atoms with E-state index in [4.69, 9.17) is 4.74 Å². The summed E-state index contributed by atoms with van der Waals surface area (Å²) in [6.07, 6.45) is 5.23. The summed E-state index contributed by atoms with van der Waals surface area (Å²) >= 11 is 0. The number of hydrogen-bond donors (Lipinski definition) is 1. The summed E-state index contributed by atoms with van der Waals surface area (Å²) in [7, 11) is 0. The van der Waals surface area contributed by atoms with Crippen molar-refractivity contribution >= 4 is 6.09 Å². The van der Waals surface area contributed by atoms with Gasteiger partial charge in [-0.05, 0) is 50.2 Å². The highest BCUT2D eigenvalue weighted by molar-refractivity contribution is 5.68. The average molecular weight is 502 g/mol. The Hall–Kier alpha value is -3.19. The number of alkyl carbamates (subject to hydrolysis) is 1. The van der Waals surface area contributed by atoms with E-state index >= 15 is 0 Å². The minimum absolute atomic E-state index is 0.0887. The Bertz CT molecular complexity index is 1150. The molecule has 0 radical (unpaired) electrons. The lowest BCUT2D eigenvalue weighted by Crippen LogP contribution is -2.45. The standard InChI is InChI=1S/C30H39N5O2/c1-21(2)29-33-32-22(3)35(29)27-18-25-14-15-26(19-27)34(25)17-16-28(24-12-8-5-9-13-24)31-30(36)37-20-23-10-6-4-7-11-23/h4-13,21,25-28H,14-20H2,1-3H3,(H,31,36)/t25-,26-,28-/m0/s1. The molecule has 0 unspecified atom stereocenters. The zero-order valence-corrected chi connectivity index (χ0v) is 22.2. The number of ether oxygens (including phenoxy) is 1. The van der Waals surface area contributed by atoms with Crippen LogP contribution in [0.3, 0.4) is 0 Å².